The zero-order valence-corrected chi connectivity index (χ0v) is 11.6. The molecule has 0 aromatic carbocycles. The molecular formula is C15H26O3. The number of hydrogen-bond donors (Lipinski definition) is 0. The van der Waals surface area contributed by atoms with Crippen LogP contribution in [0.3, 0.4) is 0 Å². The van der Waals surface area contributed by atoms with Gasteiger partial charge in [0, 0.05) is 6.42 Å². The van der Waals surface area contributed by atoms with Gasteiger partial charge in [0.1, 0.15) is 13.2 Å². The van der Waals surface area contributed by atoms with Gasteiger partial charge in [-0.25, -0.2) is 0 Å². The van der Waals surface area contributed by atoms with E-state index in [0.29, 0.717) is 19.6 Å². The molecule has 104 valence electrons. The fraction of sp³-hybridized carbons (Fsp3) is 0.800. The quantitative estimate of drug-likeness (QED) is 0.304. The fourth-order valence-electron chi connectivity index (χ4n) is 1.64. The van der Waals surface area contributed by atoms with Crippen molar-refractivity contribution in [3.05, 3.63) is 0 Å². The van der Waals surface area contributed by atoms with Gasteiger partial charge in [-0.1, -0.05) is 51.4 Å². The van der Waals surface area contributed by atoms with Crippen molar-refractivity contribution in [2.45, 2.75) is 58.3 Å². The monoisotopic (exact) mass is 254 g/mol. The highest BCUT2D eigenvalue weighted by Gasteiger charge is 2.02. The third kappa shape index (κ3) is 13.1. The molecule has 0 aliphatic carbocycles. The van der Waals surface area contributed by atoms with Crippen LogP contribution in [0.25, 0.3) is 0 Å². The summed E-state index contributed by atoms with van der Waals surface area (Å²) in [4.78, 5) is 11.3. The van der Waals surface area contributed by atoms with Crippen LogP contribution in [-0.4, -0.2) is 25.8 Å². The van der Waals surface area contributed by atoms with Crippen molar-refractivity contribution in [1.82, 2.24) is 0 Å². The number of rotatable bonds is 12. The molecule has 0 aromatic rings. The second-order valence-corrected chi connectivity index (χ2v) is 4.35. The first-order valence-corrected chi connectivity index (χ1v) is 6.98. The van der Waals surface area contributed by atoms with E-state index < -0.39 is 0 Å². The molecule has 0 fully saturated rings. The Bertz CT molecular complexity index is 230. The molecule has 0 heterocycles. The van der Waals surface area contributed by atoms with Gasteiger partial charge in [-0.3, -0.25) is 4.79 Å². The van der Waals surface area contributed by atoms with Crippen LogP contribution < -0.4 is 0 Å². The molecule has 0 aliphatic heterocycles. The van der Waals surface area contributed by atoms with Crippen LogP contribution in [0.2, 0.25) is 0 Å². The summed E-state index contributed by atoms with van der Waals surface area (Å²) in [5, 5.41) is 0. The van der Waals surface area contributed by atoms with Crippen LogP contribution in [0.15, 0.2) is 0 Å². The van der Waals surface area contributed by atoms with Crippen molar-refractivity contribution in [3.63, 3.8) is 0 Å². The first kappa shape index (κ1) is 17.0. The molecule has 0 amide bonds. The Kier molecular flexibility index (Phi) is 13.3. The molecule has 0 aromatic heterocycles. The molecule has 0 bridgehead atoms. The smallest absolute Gasteiger partial charge is 0.305 e. The molecule has 0 atom stereocenters. The van der Waals surface area contributed by atoms with E-state index in [1.165, 1.54) is 32.1 Å². The Morgan fingerprint density at radius 2 is 1.72 bits per heavy atom. The number of carbonyl (C=O) groups is 1. The summed E-state index contributed by atoms with van der Waals surface area (Å²) in [7, 11) is 0. The molecule has 0 radical (unpaired) electrons. The third-order valence-corrected chi connectivity index (χ3v) is 2.66. The Morgan fingerprint density at radius 3 is 2.39 bits per heavy atom. The molecule has 3 heteroatoms. The lowest BCUT2D eigenvalue weighted by molar-refractivity contribution is -0.145. The van der Waals surface area contributed by atoms with Crippen molar-refractivity contribution in [3.8, 4) is 12.3 Å². The summed E-state index contributed by atoms with van der Waals surface area (Å²) in [5.41, 5.74) is 0. The van der Waals surface area contributed by atoms with Gasteiger partial charge in [-0.05, 0) is 6.42 Å². The predicted molar refractivity (Wildman–Crippen MR) is 73.2 cm³/mol. The molecule has 18 heavy (non-hydrogen) atoms. The van der Waals surface area contributed by atoms with Crippen LogP contribution in [0.1, 0.15) is 58.3 Å². The van der Waals surface area contributed by atoms with E-state index in [9.17, 15) is 4.79 Å². The lowest BCUT2D eigenvalue weighted by Gasteiger charge is -2.04. The summed E-state index contributed by atoms with van der Waals surface area (Å²) in [6.07, 6.45) is 14.0. The first-order chi connectivity index (χ1) is 8.81. The molecule has 0 aliphatic rings. The minimum atomic E-state index is -0.132. The van der Waals surface area contributed by atoms with Gasteiger partial charge in [0.05, 0.1) is 6.61 Å². The van der Waals surface area contributed by atoms with Gasteiger partial charge >= 0.3 is 5.97 Å². The van der Waals surface area contributed by atoms with Crippen molar-refractivity contribution in [1.29, 1.82) is 0 Å². The van der Waals surface area contributed by atoms with E-state index in [-0.39, 0.29) is 12.6 Å². The van der Waals surface area contributed by atoms with E-state index in [1.54, 1.807) is 0 Å². The predicted octanol–water partition coefficient (Wildman–Crippen LogP) is 3.32. The largest absolute Gasteiger partial charge is 0.463 e. The Labute approximate surface area is 111 Å². The van der Waals surface area contributed by atoms with Gasteiger partial charge in [-0.15, -0.1) is 6.42 Å². The second kappa shape index (κ2) is 14.1. The van der Waals surface area contributed by atoms with Crippen LogP contribution in [-0.2, 0) is 14.3 Å². The maximum atomic E-state index is 11.3. The molecule has 0 saturated carbocycles. The number of esters is 1. The normalized spacial score (nSPS) is 10.0. The molecule has 0 spiro atoms. The Morgan fingerprint density at radius 1 is 1.06 bits per heavy atom. The van der Waals surface area contributed by atoms with Crippen molar-refractivity contribution < 1.29 is 14.3 Å². The number of unbranched alkanes of at least 4 members (excludes halogenated alkanes) is 6. The first-order valence-electron chi connectivity index (χ1n) is 6.98. The Balaban J connectivity index is 3.15. The highest BCUT2D eigenvalue weighted by atomic mass is 16.6. The van der Waals surface area contributed by atoms with E-state index in [0.717, 1.165) is 12.8 Å². The van der Waals surface area contributed by atoms with E-state index in [4.69, 9.17) is 15.9 Å². The number of carbonyl (C=O) groups excluding carboxylic acids is 1. The summed E-state index contributed by atoms with van der Waals surface area (Å²) in [5.74, 6) is 2.22. The van der Waals surface area contributed by atoms with Gasteiger partial charge in [0.15, 0.2) is 0 Å². The van der Waals surface area contributed by atoms with Gasteiger partial charge < -0.3 is 9.47 Å². The van der Waals surface area contributed by atoms with Crippen LogP contribution in [0, 0.1) is 12.3 Å². The van der Waals surface area contributed by atoms with Crippen molar-refractivity contribution in [2.24, 2.45) is 0 Å². The molecule has 0 N–H and O–H groups in total. The highest BCUT2D eigenvalue weighted by molar-refractivity contribution is 5.69. The van der Waals surface area contributed by atoms with Crippen LogP contribution in [0.5, 0.6) is 0 Å². The summed E-state index contributed by atoms with van der Waals surface area (Å²) in [6.45, 7) is 3.17. The molecule has 3 nitrogen and oxygen atoms in total. The fourth-order valence-corrected chi connectivity index (χ4v) is 1.64. The second-order valence-electron chi connectivity index (χ2n) is 4.35. The molecule has 0 rings (SSSR count). The standard InChI is InChI=1S/C15H26O3/c1-3-5-6-7-8-9-10-11-15(16)18-14-13-17-12-4-2/h2H,3,5-14H2,1H3. The number of terminal acetylenes is 1. The zero-order valence-electron chi connectivity index (χ0n) is 11.6. The molecular weight excluding hydrogens is 228 g/mol. The van der Waals surface area contributed by atoms with E-state index in [2.05, 4.69) is 12.8 Å². The third-order valence-electron chi connectivity index (χ3n) is 2.66. The highest BCUT2D eigenvalue weighted by Crippen LogP contribution is 2.08. The SMILES string of the molecule is C#CCOCCOC(=O)CCCCCCCCC. The summed E-state index contributed by atoms with van der Waals surface area (Å²) >= 11 is 0. The number of ether oxygens (including phenoxy) is 2. The van der Waals surface area contributed by atoms with E-state index in [1.807, 2.05) is 0 Å². The summed E-state index contributed by atoms with van der Waals surface area (Å²) in [6, 6.07) is 0. The minimum absolute atomic E-state index is 0.132. The molecule has 0 saturated heterocycles. The average molecular weight is 254 g/mol. The van der Waals surface area contributed by atoms with Gasteiger partial charge in [0.25, 0.3) is 0 Å². The van der Waals surface area contributed by atoms with Crippen LogP contribution in [0.4, 0.5) is 0 Å². The average Bonchev–Trinajstić information content (AvgIpc) is 2.37. The van der Waals surface area contributed by atoms with Gasteiger partial charge in [-0.2, -0.15) is 0 Å². The Hall–Kier alpha value is -1.01. The summed E-state index contributed by atoms with van der Waals surface area (Å²) < 4.78 is 10.0. The zero-order chi connectivity index (χ0) is 13.5. The number of hydrogen-bond acceptors (Lipinski definition) is 3. The topological polar surface area (TPSA) is 35.5 Å². The van der Waals surface area contributed by atoms with Gasteiger partial charge in [0.2, 0.25) is 0 Å². The van der Waals surface area contributed by atoms with E-state index >= 15 is 0 Å². The maximum absolute atomic E-state index is 11.3. The minimum Gasteiger partial charge on any atom is -0.463 e. The maximum Gasteiger partial charge on any atom is 0.305 e. The lowest BCUT2D eigenvalue weighted by atomic mass is 10.1. The van der Waals surface area contributed by atoms with Crippen molar-refractivity contribution in [2.75, 3.05) is 19.8 Å². The molecule has 0 unspecified atom stereocenters. The van der Waals surface area contributed by atoms with Crippen LogP contribution >= 0.6 is 0 Å². The van der Waals surface area contributed by atoms with Crippen molar-refractivity contribution >= 4 is 5.97 Å². The lowest BCUT2D eigenvalue weighted by Crippen LogP contribution is -2.10.